The summed E-state index contributed by atoms with van der Waals surface area (Å²) < 4.78 is 5.15. The first-order chi connectivity index (χ1) is 13.4. The van der Waals surface area contributed by atoms with Gasteiger partial charge in [-0.25, -0.2) is 4.79 Å². The van der Waals surface area contributed by atoms with Gasteiger partial charge in [-0.3, -0.25) is 9.59 Å². The lowest BCUT2D eigenvalue weighted by Crippen LogP contribution is -2.22. The fourth-order valence-electron chi connectivity index (χ4n) is 2.55. The van der Waals surface area contributed by atoms with Crippen LogP contribution in [0.2, 0.25) is 0 Å². The number of amides is 2. The van der Waals surface area contributed by atoms with E-state index in [0.717, 1.165) is 23.3 Å². The molecule has 2 aromatic rings. The number of ether oxygens (including phenoxy) is 1. The molecule has 1 aliphatic carbocycles. The van der Waals surface area contributed by atoms with Crippen LogP contribution >= 0.6 is 11.3 Å². The van der Waals surface area contributed by atoms with E-state index in [9.17, 15) is 14.4 Å². The maximum atomic E-state index is 12.5. The third kappa shape index (κ3) is 4.56. The van der Waals surface area contributed by atoms with Crippen molar-refractivity contribution in [2.24, 2.45) is 5.92 Å². The summed E-state index contributed by atoms with van der Waals surface area (Å²) in [6, 6.07) is 8.33. The van der Waals surface area contributed by atoms with Gasteiger partial charge in [0.25, 0.3) is 5.91 Å². The van der Waals surface area contributed by atoms with Gasteiger partial charge in [-0.2, -0.15) is 5.26 Å². The zero-order chi connectivity index (χ0) is 20.3. The summed E-state index contributed by atoms with van der Waals surface area (Å²) in [4.78, 5) is 37.5. The van der Waals surface area contributed by atoms with E-state index < -0.39 is 18.5 Å². The maximum absolute atomic E-state index is 12.5. The van der Waals surface area contributed by atoms with E-state index in [0.29, 0.717) is 21.8 Å². The molecule has 8 heteroatoms. The van der Waals surface area contributed by atoms with E-state index in [1.807, 2.05) is 13.0 Å². The monoisotopic (exact) mass is 397 g/mol. The molecule has 7 nitrogen and oxygen atoms in total. The third-order valence-electron chi connectivity index (χ3n) is 4.41. The molecule has 1 aliphatic rings. The number of carbonyl (C=O) groups excluding carboxylic acids is 3. The van der Waals surface area contributed by atoms with Crippen LogP contribution in [0, 0.1) is 31.1 Å². The molecule has 0 unspecified atom stereocenters. The van der Waals surface area contributed by atoms with Gasteiger partial charge in [0.05, 0.1) is 17.2 Å². The predicted octanol–water partition coefficient (Wildman–Crippen LogP) is 3.38. The number of nitriles is 1. The van der Waals surface area contributed by atoms with Crippen molar-refractivity contribution in [1.29, 1.82) is 5.26 Å². The number of esters is 1. The smallest absolute Gasteiger partial charge is 0.341 e. The Bertz CT molecular complexity index is 969. The molecular formula is C20H19N3O4S. The Morgan fingerprint density at radius 2 is 1.86 bits per heavy atom. The Morgan fingerprint density at radius 1 is 1.18 bits per heavy atom. The fraction of sp³-hybridized carbons (Fsp3) is 0.300. The summed E-state index contributed by atoms with van der Waals surface area (Å²) >= 11 is 1.32. The molecule has 0 aliphatic heterocycles. The normalized spacial score (nSPS) is 12.8. The van der Waals surface area contributed by atoms with E-state index in [1.54, 1.807) is 31.2 Å². The van der Waals surface area contributed by atoms with Gasteiger partial charge in [0.2, 0.25) is 5.91 Å². The molecule has 28 heavy (non-hydrogen) atoms. The molecule has 2 amide bonds. The number of hydrogen-bond donors (Lipinski definition) is 2. The van der Waals surface area contributed by atoms with Gasteiger partial charge in [-0.05, 0) is 56.5 Å². The van der Waals surface area contributed by atoms with E-state index in [-0.39, 0.29) is 11.8 Å². The number of thiophene rings is 1. The number of hydrogen-bond acceptors (Lipinski definition) is 6. The molecule has 144 valence electrons. The zero-order valence-corrected chi connectivity index (χ0v) is 16.3. The molecule has 0 bridgehead atoms. The summed E-state index contributed by atoms with van der Waals surface area (Å²) in [7, 11) is 0. The Kier molecular flexibility index (Phi) is 5.76. The van der Waals surface area contributed by atoms with Crippen LogP contribution in [0.3, 0.4) is 0 Å². The Morgan fingerprint density at radius 3 is 2.46 bits per heavy atom. The SMILES string of the molecule is Cc1sc(NC(=O)C2CC2)c(C(=O)OCC(=O)Nc2ccc(C#N)cc2)c1C. The van der Waals surface area contributed by atoms with Crippen LogP contribution in [0.1, 0.15) is 39.2 Å². The third-order valence-corrected chi connectivity index (χ3v) is 5.53. The first-order valence-electron chi connectivity index (χ1n) is 8.77. The van der Waals surface area contributed by atoms with E-state index in [4.69, 9.17) is 10.00 Å². The number of carbonyl (C=O) groups is 3. The summed E-state index contributed by atoms with van der Waals surface area (Å²) in [5.74, 6) is -1.22. The molecule has 0 atom stereocenters. The molecule has 0 saturated heterocycles. The van der Waals surface area contributed by atoms with Crippen molar-refractivity contribution in [2.75, 3.05) is 17.2 Å². The minimum absolute atomic E-state index is 0.0183. The number of aryl methyl sites for hydroxylation is 1. The van der Waals surface area contributed by atoms with Gasteiger partial charge in [0.1, 0.15) is 5.00 Å². The van der Waals surface area contributed by atoms with Crippen molar-refractivity contribution >= 4 is 39.8 Å². The summed E-state index contributed by atoms with van der Waals surface area (Å²) in [6.07, 6.45) is 1.73. The van der Waals surface area contributed by atoms with Gasteiger partial charge in [0.15, 0.2) is 6.61 Å². The predicted molar refractivity (Wildman–Crippen MR) is 105 cm³/mol. The van der Waals surface area contributed by atoms with Gasteiger partial charge < -0.3 is 15.4 Å². The number of benzene rings is 1. The largest absolute Gasteiger partial charge is 0.452 e. The van der Waals surface area contributed by atoms with Crippen LogP contribution < -0.4 is 10.6 Å². The molecule has 1 aromatic carbocycles. The first-order valence-corrected chi connectivity index (χ1v) is 9.58. The van der Waals surface area contributed by atoms with Crippen molar-refractivity contribution in [3.05, 3.63) is 45.8 Å². The topological polar surface area (TPSA) is 108 Å². The van der Waals surface area contributed by atoms with Crippen LogP contribution in [-0.4, -0.2) is 24.4 Å². The molecule has 0 radical (unpaired) electrons. The van der Waals surface area contributed by atoms with Gasteiger partial charge in [0, 0.05) is 16.5 Å². The molecular weight excluding hydrogens is 378 g/mol. The highest BCUT2D eigenvalue weighted by Gasteiger charge is 2.31. The van der Waals surface area contributed by atoms with Crippen LogP contribution in [0.4, 0.5) is 10.7 Å². The van der Waals surface area contributed by atoms with Gasteiger partial charge in [-0.15, -0.1) is 11.3 Å². The van der Waals surface area contributed by atoms with E-state index in [2.05, 4.69) is 10.6 Å². The minimum atomic E-state index is -0.650. The lowest BCUT2D eigenvalue weighted by molar-refractivity contribution is -0.119. The summed E-state index contributed by atoms with van der Waals surface area (Å²) in [5, 5.41) is 14.6. The van der Waals surface area contributed by atoms with Crippen molar-refractivity contribution in [3.63, 3.8) is 0 Å². The summed E-state index contributed by atoms with van der Waals surface area (Å²) in [5.41, 5.74) is 2.00. The average Bonchev–Trinajstić information content (AvgIpc) is 3.48. The quantitative estimate of drug-likeness (QED) is 0.727. The van der Waals surface area contributed by atoms with Crippen LogP contribution in [0.25, 0.3) is 0 Å². The van der Waals surface area contributed by atoms with Crippen molar-refractivity contribution in [1.82, 2.24) is 0 Å². The second-order valence-electron chi connectivity index (χ2n) is 6.56. The Hall–Kier alpha value is -3.18. The zero-order valence-electron chi connectivity index (χ0n) is 15.5. The van der Waals surface area contributed by atoms with E-state index in [1.165, 1.54) is 11.3 Å². The van der Waals surface area contributed by atoms with Crippen molar-refractivity contribution in [3.8, 4) is 6.07 Å². The van der Waals surface area contributed by atoms with Crippen LogP contribution in [0.5, 0.6) is 0 Å². The second kappa shape index (κ2) is 8.23. The lowest BCUT2D eigenvalue weighted by Gasteiger charge is -2.09. The average molecular weight is 397 g/mol. The Balaban J connectivity index is 1.61. The number of anilines is 2. The Labute approximate surface area is 166 Å². The van der Waals surface area contributed by atoms with Crippen LogP contribution in [-0.2, 0) is 14.3 Å². The molecule has 0 spiro atoms. The van der Waals surface area contributed by atoms with Crippen molar-refractivity contribution < 1.29 is 19.1 Å². The highest BCUT2D eigenvalue weighted by molar-refractivity contribution is 7.16. The van der Waals surface area contributed by atoms with Crippen LogP contribution in [0.15, 0.2) is 24.3 Å². The van der Waals surface area contributed by atoms with E-state index >= 15 is 0 Å². The molecule has 1 heterocycles. The standard InChI is InChI=1S/C20H19N3O4S/c1-11-12(2)28-19(23-18(25)14-5-6-14)17(11)20(26)27-10-16(24)22-15-7-3-13(9-21)4-8-15/h3-4,7-8,14H,5-6,10H2,1-2H3,(H,22,24)(H,23,25). The molecule has 1 aromatic heterocycles. The molecule has 2 N–H and O–H groups in total. The number of nitrogens with one attached hydrogen (secondary N) is 2. The van der Waals surface area contributed by atoms with Crippen molar-refractivity contribution in [2.45, 2.75) is 26.7 Å². The number of nitrogens with zero attached hydrogens (tertiary/aromatic N) is 1. The highest BCUT2D eigenvalue weighted by atomic mass is 32.1. The highest BCUT2D eigenvalue weighted by Crippen LogP contribution is 2.36. The van der Waals surface area contributed by atoms with Gasteiger partial charge >= 0.3 is 5.97 Å². The fourth-order valence-corrected chi connectivity index (χ4v) is 3.60. The first kappa shape index (κ1) is 19.6. The maximum Gasteiger partial charge on any atom is 0.341 e. The molecule has 3 rings (SSSR count). The summed E-state index contributed by atoms with van der Waals surface area (Å²) in [6.45, 7) is 3.19. The lowest BCUT2D eigenvalue weighted by atomic mass is 10.1. The van der Waals surface area contributed by atoms with Gasteiger partial charge in [-0.1, -0.05) is 0 Å². The minimum Gasteiger partial charge on any atom is -0.452 e. The molecule has 1 fully saturated rings. The number of rotatable bonds is 6. The molecule has 1 saturated carbocycles. The second-order valence-corrected chi connectivity index (χ2v) is 7.79.